The Morgan fingerprint density at radius 2 is 1.33 bits per heavy atom. The van der Waals surface area contributed by atoms with E-state index in [-0.39, 0.29) is 0 Å². The predicted octanol–water partition coefficient (Wildman–Crippen LogP) is 13.3. The number of nitriles is 1. The fraction of sp³-hybridized carbons (Fsp3) is 0. The number of furan rings is 1. The van der Waals surface area contributed by atoms with Crippen LogP contribution in [-0.4, -0.2) is 14.5 Å². The number of nitrogens with zero attached hydrogens (tertiary/aromatic N) is 5. The molecule has 0 aliphatic heterocycles. The second-order valence-corrected chi connectivity index (χ2v) is 14.6. The minimum absolute atomic E-state index is 0.340. The van der Waals surface area contributed by atoms with Crippen molar-refractivity contribution < 1.29 is 4.42 Å². The van der Waals surface area contributed by atoms with Gasteiger partial charge in [0.25, 0.3) is 0 Å². The predicted molar refractivity (Wildman–Crippen MR) is 224 cm³/mol. The molecule has 0 aliphatic carbocycles. The molecule has 55 heavy (non-hydrogen) atoms. The van der Waals surface area contributed by atoms with Crippen molar-refractivity contribution in [2.45, 2.75) is 0 Å². The second-order valence-electron chi connectivity index (χ2n) is 13.5. The average Bonchev–Trinajstić information content (AvgIpc) is 3.91. The maximum Gasteiger partial charge on any atom is 0.211 e. The first-order valence-electron chi connectivity index (χ1n) is 17.8. The summed E-state index contributed by atoms with van der Waals surface area (Å²) in [5.74, 6) is 0.466. The molecular formula is C48H25N5OS. The Morgan fingerprint density at radius 1 is 0.600 bits per heavy atom. The van der Waals surface area contributed by atoms with Crippen LogP contribution < -0.4 is 0 Å². The third-order valence-corrected chi connectivity index (χ3v) is 11.6. The molecule has 254 valence electrons. The fourth-order valence-corrected chi connectivity index (χ4v) is 9.18. The number of fused-ring (bicyclic) bond motifs is 9. The summed E-state index contributed by atoms with van der Waals surface area (Å²) in [4.78, 5) is 14.3. The van der Waals surface area contributed by atoms with Crippen LogP contribution in [0, 0.1) is 17.9 Å². The van der Waals surface area contributed by atoms with Gasteiger partial charge in [0.05, 0.1) is 34.7 Å². The Hall–Kier alpha value is -7.58. The molecule has 0 bridgehead atoms. The van der Waals surface area contributed by atoms with E-state index in [1.807, 2.05) is 97.1 Å². The first-order valence-corrected chi connectivity index (χ1v) is 18.6. The Balaban J connectivity index is 1.16. The van der Waals surface area contributed by atoms with Gasteiger partial charge >= 0.3 is 0 Å². The second kappa shape index (κ2) is 12.0. The molecule has 0 saturated heterocycles. The number of aromatic nitrogens is 3. The van der Waals surface area contributed by atoms with Gasteiger partial charge in [-0.25, -0.2) is 14.8 Å². The fourth-order valence-electron chi connectivity index (χ4n) is 8.06. The van der Waals surface area contributed by atoms with Crippen molar-refractivity contribution >= 4 is 80.9 Å². The van der Waals surface area contributed by atoms with Gasteiger partial charge in [0, 0.05) is 52.8 Å². The van der Waals surface area contributed by atoms with E-state index in [2.05, 4.69) is 70.1 Å². The lowest BCUT2D eigenvalue weighted by Crippen LogP contribution is -2.02. The van der Waals surface area contributed by atoms with Gasteiger partial charge in [-0.3, -0.25) is 0 Å². The molecule has 11 rings (SSSR count). The van der Waals surface area contributed by atoms with Crippen molar-refractivity contribution in [3.63, 3.8) is 0 Å². The van der Waals surface area contributed by atoms with E-state index in [1.54, 1.807) is 11.3 Å². The maximum atomic E-state index is 10.8. The van der Waals surface area contributed by atoms with Crippen LogP contribution in [0.5, 0.6) is 0 Å². The van der Waals surface area contributed by atoms with Crippen LogP contribution in [-0.2, 0) is 0 Å². The van der Waals surface area contributed by atoms with Gasteiger partial charge in [-0.05, 0) is 54.1 Å². The Bertz CT molecular complexity index is 3470. The highest BCUT2D eigenvalue weighted by molar-refractivity contribution is 7.25. The first-order chi connectivity index (χ1) is 27.2. The molecule has 0 saturated carbocycles. The number of benzene rings is 7. The summed E-state index contributed by atoms with van der Waals surface area (Å²) in [5.41, 5.74) is 8.34. The summed E-state index contributed by atoms with van der Waals surface area (Å²) in [6, 6.07) is 53.2. The van der Waals surface area contributed by atoms with E-state index < -0.39 is 0 Å². The van der Waals surface area contributed by atoms with Crippen molar-refractivity contribution in [1.29, 1.82) is 5.26 Å². The number of para-hydroxylation sites is 2. The smallest absolute Gasteiger partial charge is 0.211 e. The molecule has 7 aromatic carbocycles. The lowest BCUT2D eigenvalue weighted by atomic mass is 9.98. The summed E-state index contributed by atoms with van der Waals surface area (Å²) in [7, 11) is 0. The third-order valence-electron chi connectivity index (χ3n) is 10.5. The van der Waals surface area contributed by atoms with Gasteiger partial charge in [0.2, 0.25) is 5.69 Å². The molecule has 11 aromatic rings. The number of hydrogen-bond donors (Lipinski definition) is 0. The van der Waals surface area contributed by atoms with E-state index in [9.17, 15) is 5.26 Å². The van der Waals surface area contributed by atoms with Crippen LogP contribution in [0.15, 0.2) is 156 Å². The van der Waals surface area contributed by atoms with E-state index in [4.69, 9.17) is 21.0 Å². The van der Waals surface area contributed by atoms with E-state index in [1.165, 1.54) is 20.2 Å². The summed E-state index contributed by atoms with van der Waals surface area (Å²) < 4.78 is 10.9. The van der Waals surface area contributed by atoms with Crippen LogP contribution in [0.25, 0.3) is 108 Å². The number of thiophene rings is 1. The van der Waals surface area contributed by atoms with Gasteiger partial charge in [-0.1, -0.05) is 103 Å². The highest BCUT2D eigenvalue weighted by Crippen LogP contribution is 2.44. The summed E-state index contributed by atoms with van der Waals surface area (Å²) in [5, 5.41) is 17.4. The SMILES string of the molecule is [C-]#[N+]c1cc(-c2nc(-c3cccc4oc5ccccc5c34)nc(-c3ccccc3)c2C#N)ccc1-n1c2ccccc2c2cc3c(cc21)sc1ccccc13. The molecule has 4 heterocycles. The van der Waals surface area contributed by atoms with Crippen LogP contribution in [0.1, 0.15) is 5.56 Å². The van der Waals surface area contributed by atoms with Crippen LogP contribution in [0.2, 0.25) is 0 Å². The summed E-state index contributed by atoms with van der Waals surface area (Å²) in [6.07, 6.45) is 0. The largest absolute Gasteiger partial charge is 0.456 e. The summed E-state index contributed by atoms with van der Waals surface area (Å²) in [6.45, 7) is 8.47. The molecule has 6 nitrogen and oxygen atoms in total. The molecule has 7 heteroatoms. The zero-order valence-corrected chi connectivity index (χ0v) is 29.8. The third kappa shape index (κ3) is 4.65. The van der Waals surface area contributed by atoms with Crippen LogP contribution in [0.3, 0.4) is 0 Å². The molecule has 0 radical (unpaired) electrons. The van der Waals surface area contributed by atoms with Gasteiger partial charge in [-0.15, -0.1) is 11.3 Å². The zero-order chi connectivity index (χ0) is 36.6. The quantitative estimate of drug-likeness (QED) is 0.170. The minimum atomic E-state index is 0.340. The molecule has 0 unspecified atom stereocenters. The van der Waals surface area contributed by atoms with Crippen molar-refractivity contribution in [3.8, 4) is 45.7 Å². The molecule has 0 atom stereocenters. The first kappa shape index (κ1) is 31.0. The Labute approximate surface area is 318 Å². The van der Waals surface area contributed by atoms with E-state index >= 15 is 0 Å². The van der Waals surface area contributed by atoms with Crippen molar-refractivity contribution in [1.82, 2.24) is 14.5 Å². The monoisotopic (exact) mass is 719 g/mol. The lowest BCUT2D eigenvalue weighted by molar-refractivity contribution is 0.669. The summed E-state index contributed by atoms with van der Waals surface area (Å²) >= 11 is 1.78. The van der Waals surface area contributed by atoms with E-state index in [0.717, 1.165) is 60.6 Å². The normalized spacial score (nSPS) is 11.6. The van der Waals surface area contributed by atoms with Crippen molar-refractivity contribution in [2.24, 2.45) is 0 Å². The highest BCUT2D eigenvalue weighted by atomic mass is 32.1. The number of hydrogen-bond acceptors (Lipinski definition) is 5. The zero-order valence-electron chi connectivity index (χ0n) is 29.0. The average molecular weight is 720 g/mol. The number of rotatable bonds is 4. The lowest BCUT2D eigenvalue weighted by Gasteiger charge is -2.15. The van der Waals surface area contributed by atoms with Crippen LogP contribution in [0.4, 0.5) is 5.69 Å². The van der Waals surface area contributed by atoms with Gasteiger partial charge in [-0.2, -0.15) is 5.26 Å². The van der Waals surface area contributed by atoms with E-state index in [0.29, 0.717) is 34.0 Å². The minimum Gasteiger partial charge on any atom is -0.456 e. The van der Waals surface area contributed by atoms with Gasteiger partial charge in [0.15, 0.2) is 5.82 Å². The van der Waals surface area contributed by atoms with Gasteiger partial charge in [0.1, 0.15) is 22.8 Å². The van der Waals surface area contributed by atoms with Crippen molar-refractivity contribution in [2.75, 3.05) is 0 Å². The molecule has 4 aromatic heterocycles. The molecule has 0 spiro atoms. The Kier molecular flexibility index (Phi) is 6.75. The molecular weight excluding hydrogens is 695 g/mol. The molecule has 0 fully saturated rings. The highest BCUT2D eigenvalue weighted by Gasteiger charge is 2.23. The molecule has 0 amide bonds. The molecule has 0 N–H and O–H groups in total. The maximum absolute atomic E-state index is 10.8. The van der Waals surface area contributed by atoms with Crippen molar-refractivity contribution in [3.05, 3.63) is 169 Å². The standard InChI is InChI=1S/C48H25N5OS/c1-50-37-24-29(22-23-39(37)53-38-18-8-5-14-30(38)34-25-35-31-15-7-10-21-43(31)55-44(35)26-40(34)53)47-36(27-49)46(28-12-3-2-4-13-28)51-48(52-47)33-17-11-20-42-45(33)32-16-6-9-19-41(32)54-42/h2-26H. The Morgan fingerprint density at radius 3 is 2.16 bits per heavy atom. The van der Waals surface area contributed by atoms with Crippen LogP contribution >= 0.6 is 11.3 Å². The topological polar surface area (TPSA) is 72.0 Å². The molecule has 0 aliphatic rings. The van der Waals surface area contributed by atoms with Gasteiger partial charge < -0.3 is 8.98 Å².